The van der Waals surface area contributed by atoms with Crippen molar-refractivity contribution in [2.45, 2.75) is 11.4 Å². The van der Waals surface area contributed by atoms with Crippen LogP contribution in [-0.2, 0) is 23.6 Å². The molecule has 0 aliphatic heterocycles. The molecule has 0 spiro atoms. The molecule has 0 aliphatic rings. The number of imidazole rings is 1. The molecule has 2 aromatic rings. The van der Waals surface area contributed by atoms with E-state index in [9.17, 15) is 12.8 Å². The number of hydrogen-bond donors (Lipinski definition) is 0. The molecule has 0 saturated carbocycles. The van der Waals surface area contributed by atoms with Gasteiger partial charge >= 0.3 is 0 Å². The summed E-state index contributed by atoms with van der Waals surface area (Å²) >= 11 is 0. The van der Waals surface area contributed by atoms with Gasteiger partial charge in [0, 0.05) is 26.5 Å². The van der Waals surface area contributed by atoms with E-state index in [4.69, 9.17) is 0 Å². The number of nitrogens with zero attached hydrogens (tertiary/aromatic N) is 3. The molecule has 102 valence electrons. The minimum atomic E-state index is -3.64. The van der Waals surface area contributed by atoms with Crippen LogP contribution in [0.5, 0.6) is 0 Å². The van der Waals surface area contributed by atoms with Crippen LogP contribution in [0.3, 0.4) is 0 Å². The van der Waals surface area contributed by atoms with Crippen molar-refractivity contribution in [2.75, 3.05) is 7.05 Å². The molecule has 0 amide bonds. The van der Waals surface area contributed by atoms with Gasteiger partial charge in [0.05, 0.1) is 11.4 Å². The monoisotopic (exact) mass is 283 g/mol. The maximum absolute atomic E-state index is 12.8. The first-order chi connectivity index (χ1) is 8.91. The van der Waals surface area contributed by atoms with Crippen LogP contribution in [0.4, 0.5) is 4.39 Å². The Morgan fingerprint density at radius 1 is 1.32 bits per heavy atom. The number of hydrogen-bond acceptors (Lipinski definition) is 3. The van der Waals surface area contributed by atoms with Gasteiger partial charge < -0.3 is 4.57 Å². The third-order valence-corrected chi connectivity index (χ3v) is 4.62. The fraction of sp³-hybridized carbons (Fsp3) is 0.250. The van der Waals surface area contributed by atoms with Crippen LogP contribution in [0.1, 0.15) is 5.82 Å². The van der Waals surface area contributed by atoms with E-state index in [1.807, 2.05) is 0 Å². The molecule has 0 radical (unpaired) electrons. The zero-order chi connectivity index (χ0) is 14.0. The van der Waals surface area contributed by atoms with Gasteiger partial charge in [0.25, 0.3) is 0 Å². The second kappa shape index (κ2) is 5.10. The fourth-order valence-corrected chi connectivity index (χ4v) is 2.74. The molecule has 7 heteroatoms. The molecule has 1 aromatic heterocycles. The van der Waals surface area contributed by atoms with E-state index >= 15 is 0 Å². The molecule has 0 bridgehead atoms. The van der Waals surface area contributed by atoms with Crippen molar-refractivity contribution in [1.82, 2.24) is 13.9 Å². The highest BCUT2D eigenvalue weighted by Gasteiger charge is 2.21. The predicted molar refractivity (Wildman–Crippen MR) is 68.3 cm³/mol. The van der Waals surface area contributed by atoms with Gasteiger partial charge in [-0.1, -0.05) is 0 Å². The van der Waals surface area contributed by atoms with Crippen LogP contribution >= 0.6 is 0 Å². The van der Waals surface area contributed by atoms with Gasteiger partial charge in [0.15, 0.2) is 0 Å². The second-order valence-corrected chi connectivity index (χ2v) is 6.21. The van der Waals surface area contributed by atoms with E-state index in [0.29, 0.717) is 5.82 Å². The van der Waals surface area contributed by atoms with Gasteiger partial charge in [-0.05, 0) is 24.3 Å². The Balaban J connectivity index is 2.24. The Morgan fingerprint density at radius 2 is 1.95 bits per heavy atom. The Bertz CT molecular complexity index is 665. The number of halogens is 1. The van der Waals surface area contributed by atoms with Gasteiger partial charge in [0.2, 0.25) is 10.0 Å². The maximum atomic E-state index is 12.8. The molecule has 0 N–H and O–H groups in total. The average Bonchev–Trinajstić information content (AvgIpc) is 2.75. The van der Waals surface area contributed by atoms with Crippen molar-refractivity contribution in [3.63, 3.8) is 0 Å². The summed E-state index contributed by atoms with van der Waals surface area (Å²) in [4.78, 5) is 4.13. The standard InChI is InChI=1S/C12H14FN3O2S/c1-15-8-7-14-12(15)9-16(2)19(17,18)11-5-3-10(13)4-6-11/h3-8H,9H2,1-2H3. The molecule has 2 rings (SSSR count). The summed E-state index contributed by atoms with van der Waals surface area (Å²) in [5.41, 5.74) is 0. The van der Waals surface area contributed by atoms with Crippen molar-refractivity contribution in [3.8, 4) is 0 Å². The van der Waals surface area contributed by atoms with Crippen molar-refractivity contribution < 1.29 is 12.8 Å². The van der Waals surface area contributed by atoms with Gasteiger partial charge in [-0.2, -0.15) is 4.31 Å². The van der Waals surface area contributed by atoms with E-state index in [1.54, 1.807) is 24.0 Å². The van der Waals surface area contributed by atoms with Gasteiger partial charge in [-0.3, -0.25) is 0 Å². The molecule has 0 saturated heterocycles. The molecule has 5 nitrogen and oxygen atoms in total. The summed E-state index contributed by atoms with van der Waals surface area (Å²) in [6.07, 6.45) is 3.35. The lowest BCUT2D eigenvalue weighted by molar-refractivity contribution is 0.451. The molecule has 0 aliphatic carbocycles. The zero-order valence-corrected chi connectivity index (χ0v) is 11.4. The quantitative estimate of drug-likeness (QED) is 0.852. The van der Waals surface area contributed by atoms with Crippen molar-refractivity contribution >= 4 is 10.0 Å². The van der Waals surface area contributed by atoms with Crippen LogP contribution in [0.2, 0.25) is 0 Å². The summed E-state index contributed by atoms with van der Waals surface area (Å²) in [5.74, 6) is 0.166. The molecular formula is C12H14FN3O2S. The van der Waals surface area contributed by atoms with Crippen LogP contribution < -0.4 is 0 Å². The molecule has 0 unspecified atom stereocenters. The van der Waals surface area contributed by atoms with Crippen LogP contribution in [0.25, 0.3) is 0 Å². The lowest BCUT2D eigenvalue weighted by Gasteiger charge is -2.16. The summed E-state index contributed by atoms with van der Waals surface area (Å²) in [5, 5.41) is 0. The average molecular weight is 283 g/mol. The van der Waals surface area contributed by atoms with Crippen LogP contribution in [0.15, 0.2) is 41.6 Å². The van der Waals surface area contributed by atoms with Gasteiger partial charge in [-0.15, -0.1) is 0 Å². The fourth-order valence-electron chi connectivity index (χ4n) is 1.62. The van der Waals surface area contributed by atoms with Gasteiger partial charge in [0.1, 0.15) is 11.6 Å². The lowest BCUT2D eigenvalue weighted by Crippen LogP contribution is -2.27. The molecule has 1 aromatic carbocycles. The zero-order valence-electron chi connectivity index (χ0n) is 10.6. The minimum absolute atomic E-state index is 0.0607. The van der Waals surface area contributed by atoms with Crippen molar-refractivity contribution in [2.24, 2.45) is 7.05 Å². The SMILES string of the molecule is CN(Cc1nccn1C)S(=O)(=O)c1ccc(F)cc1. The normalized spacial score (nSPS) is 12.0. The third-order valence-electron chi connectivity index (χ3n) is 2.81. The molecule has 19 heavy (non-hydrogen) atoms. The molecular weight excluding hydrogens is 269 g/mol. The van der Waals surface area contributed by atoms with Crippen LogP contribution in [0, 0.1) is 5.82 Å². The first kappa shape index (κ1) is 13.7. The molecule has 1 heterocycles. The van der Waals surface area contributed by atoms with Crippen molar-refractivity contribution in [1.29, 1.82) is 0 Å². The predicted octanol–water partition coefficient (Wildman–Crippen LogP) is 1.38. The second-order valence-electron chi connectivity index (χ2n) is 4.17. The summed E-state index contributed by atoms with van der Waals surface area (Å²) in [7, 11) is -0.377. The Labute approximate surface area is 111 Å². The highest BCUT2D eigenvalue weighted by Crippen LogP contribution is 2.16. The van der Waals surface area contributed by atoms with E-state index in [2.05, 4.69) is 4.98 Å². The summed E-state index contributed by atoms with van der Waals surface area (Å²) < 4.78 is 40.2. The highest BCUT2D eigenvalue weighted by molar-refractivity contribution is 7.89. The number of sulfonamides is 1. The van der Waals surface area contributed by atoms with Crippen molar-refractivity contribution in [3.05, 3.63) is 48.3 Å². The topological polar surface area (TPSA) is 55.2 Å². The van der Waals surface area contributed by atoms with E-state index in [0.717, 1.165) is 12.1 Å². The van der Waals surface area contributed by atoms with Crippen LogP contribution in [-0.4, -0.2) is 29.3 Å². The largest absolute Gasteiger partial charge is 0.337 e. The minimum Gasteiger partial charge on any atom is -0.337 e. The Kier molecular flexibility index (Phi) is 3.68. The Hall–Kier alpha value is -1.73. The smallest absolute Gasteiger partial charge is 0.243 e. The number of rotatable bonds is 4. The summed E-state index contributed by atoms with van der Waals surface area (Å²) in [6.45, 7) is 0.156. The summed E-state index contributed by atoms with van der Waals surface area (Å²) in [6, 6.07) is 4.75. The number of aryl methyl sites for hydroxylation is 1. The number of aromatic nitrogens is 2. The first-order valence-corrected chi connectivity index (χ1v) is 7.03. The third kappa shape index (κ3) is 2.82. The van der Waals surface area contributed by atoms with Gasteiger partial charge in [-0.25, -0.2) is 17.8 Å². The molecule has 0 atom stereocenters. The van der Waals surface area contributed by atoms with E-state index in [-0.39, 0.29) is 11.4 Å². The molecule has 0 fully saturated rings. The number of benzene rings is 1. The highest BCUT2D eigenvalue weighted by atomic mass is 32.2. The maximum Gasteiger partial charge on any atom is 0.243 e. The lowest BCUT2D eigenvalue weighted by atomic mass is 10.4. The van der Waals surface area contributed by atoms with E-state index < -0.39 is 15.8 Å². The Morgan fingerprint density at radius 3 is 2.47 bits per heavy atom. The van der Waals surface area contributed by atoms with E-state index in [1.165, 1.54) is 23.5 Å². The first-order valence-electron chi connectivity index (χ1n) is 5.59.